The lowest BCUT2D eigenvalue weighted by Gasteiger charge is -2.15. The fourth-order valence-corrected chi connectivity index (χ4v) is 2.20. The summed E-state index contributed by atoms with van der Waals surface area (Å²) in [6, 6.07) is 8.07. The second-order valence-corrected chi connectivity index (χ2v) is 4.40. The Labute approximate surface area is 90.7 Å². The number of alkyl halides is 1. The smallest absolute Gasteiger partial charge is 0.108 e. The van der Waals surface area contributed by atoms with E-state index in [1.54, 1.807) is 0 Å². The average Bonchev–Trinajstić information content (AvgIpc) is 2.74. The van der Waals surface area contributed by atoms with Crippen LogP contribution in [0.25, 0.3) is 0 Å². The van der Waals surface area contributed by atoms with Crippen molar-refractivity contribution < 1.29 is 4.39 Å². The first kappa shape index (κ1) is 10.6. The zero-order valence-electron chi connectivity index (χ0n) is 9.17. The van der Waals surface area contributed by atoms with Gasteiger partial charge in [-0.2, -0.15) is 0 Å². The third-order valence-corrected chi connectivity index (χ3v) is 3.29. The van der Waals surface area contributed by atoms with Gasteiger partial charge in [0.15, 0.2) is 0 Å². The van der Waals surface area contributed by atoms with E-state index in [9.17, 15) is 4.39 Å². The Balaban J connectivity index is 1.99. The van der Waals surface area contributed by atoms with Crippen molar-refractivity contribution in [3.63, 3.8) is 0 Å². The summed E-state index contributed by atoms with van der Waals surface area (Å²) in [7, 11) is 0. The second-order valence-electron chi connectivity index (χ2n) is 4.40. The van der Waals surface area contributed by atoms with Gasteiger partial charge >= 0.3 is 0 Å². The molecule has 1 nitrogen and oxygen atoms in total. The van der Waals surface area contributed by atoms with Gasteiger partial charge in [0, 0.05) is 18.9 Å². The van der Waals surface area contributed by atoms with Gasteiger partial charge in [0.25, 0.3) is 0 Å². The Morgan fingerprint density at radius 2 is 2.27 bits per heavy atom. The highest BCUT2D eigenvalue weighted by Gasteiger charge is 2.24. The molecule has 2 rings (SSSR count). The van der Waals surface area contributed by atoms with E-state index in [-0.39, 0.29) is 5.92 Å². The van der Waals surface area contributed by atoms with E-state index >= 15 is 0 Å². The third kappa shape index (κ3) is 2.57. The van der Waals surface area contributed by atoms with E-state index in [4.69, 9.17) is 0 Å². The molecule has 1 saturated heterocycles. The van der Waals surface area contributed by atoms with Crippen LogP contribution < -0.4 is 5.32 Å². The number of benzene rings is 1. The van der Waals surface area contributed by atoms with Crippen LogP contribution in [0.5, 0.6) is 0 Å². The molecule has 1 aromatic carbocycles. The van der Waals surface area contributed by atoms with Crippen LogP contribution in [0.4, 0.5) is 4.39 Å². The summed E-state index contributed by atoms with van der Waals surface area (Å²) in [5, 5.41) is 3.21. The molecule has 1 aliphatic heterocycles. The number of hydrogen-bond donors (Lipinski definition) is 1. The van der Waals surface area contributed by atoms with Crippen LogP contribution >= 0.6 is 0 Å². The fourth-order valence-electron chi connectivity index (χ4n) is 2.20. The topological polar surface area (TPSA) is 12.0 Å². The minimum atomic E-state index is -0.693. The second kappa shape index (κ2) is 4.75. The average molecular weight is 207 g/mol. The van der Waals surface area contributed by atoms with Crippen molar-refractivity contribution in [2.24, 2.45) is 5.92 Å². The van der Waals surface area contributed by atoms with E-state index in [1.807, 2.05) is 18.2 Å². The molecule has 0 aliphatic carbocycles. The molecule has 1 fully saturated rings. The van der Waals surface area contributed by atoms with Crippen LogP contribution in [0, 0.1) is 12.8 Å². The van der Waals surface area contributed by atoms with E-state index in [2.05, 4.69) is 18.3 Å². The molecule has 0 bridgehead atoms. The Kier molecular flexibility index (Phi) is 3.37. The van der Waals surface area contributed by atoms with Crippen molar-refractivity contribution in [1.82, 2.24) is 5.32 Å². The molecule has 82 valence electrons. The molecule has 2 atom stereocenters. The predicted octanol–water partition coefficient (Wildman–Crippen LogP) is 2.49. The van der Waals surface area contributed by atoms with Crippen molar-refractivity contribution in [3.8, 4) is 0 Å². The Hall–Kier alpha value is -0.890. The molecular weight excluding hydrogens is 189 g/mol. The van der Waals surface area contributed by atoms with Crippen molar-refractivity contribution >= 4 is 0 Å². The summed E-state index contributed by atoms with van der Waals surface area (Å²) in [5.41, 5.74) is 2.35. The minimum Gasteiger partial charge on any atom is -0.316 e. The molecule has 1 aliphatic rings. The monoisotopic (exact) mass is 207 g/mol. The van der Waals surface area contributed by atoms with Crippen molar-refractivity contribution in [2.75, 3.05) is 13.1 Å². The van der Waals surface area contributed by atoms with Gasteiger partial charge in [-0.05, 0) is 31.0 Å². The summed E-state index contributed by atoms with van der Waals surface area (Å²) >= 11 is 0. The summed E-state index contributed by atoms with van der Waals surface area (Å²) in [6.45, 7) is 3.86. The van der Waals surface area contributed by atoms with Crippen molar-refractivity contribution in [1.29, 1.82) is 0 Å². The Morgan fingerprint density at radius 3 is 2.93 bits per heavy atom. The summed E-state index contributed by atoms with van der Waals surface area (Å²) in [4.78, 5) is 0. The van der Waals surface area contributed by atoms with Gasteiger partial charge in [-0.25, -0.2) is 4.39 Å². The lowest BCUT2D eigenvalue weighted by molar-refractivity contribution is 0.239. The molecule has 0 radical (unpaired) electrons. The van der Waals surface area contributed by atoms with Gasteiger partial charge in [-0.15, -0.1) is 0 Å². The van der Waals surface area contributed by atoms with Crippen molar-refractivity contribution in [3.05, 3.63) is 35.4 Å². The highest BCUT2D eigenvalue weighted by atomic mass is 19.1. The van der Waals surface area contributed by atoms with E-state index in [1.165, 1.54) is 5.56 Å². The van der Waals surface area contributed by atoms with Crippen LogP contribution in [-0.4, -0.2) is 19.3 Å². The highest BCUT2D eigenvalue weighted by Crippen LogP contribution is 2.21. The van der Waals surface area contributed by atoms with Crippen LogP contribution in [0.1, 0.15) is 17.5 Å². The molecule has 1 aromatic rings. The normalized spacial score (nSPS) is 22.9. The first-order valence-corrected chi connectivity index (χ1v) is 5.66. The Morgan fingerprint density at radius 1 is 1.47 bits per heavy atom. The molecule has 1 N–H and O–H groups in total. The van der Waals surface area contributed by atoms with Gasteiger partial charge < -0.3 is 5.32 Å². The highest BCUT2D eigenvalue weighted by molar-refractivity contribution is 5.26. The van der Waals surface area contributed by atoms with Gasteiger partial charge in [-0.3, -0.25) is 0 Å². The minimum absolute atomic E-state index is 0.213. The van der Waals surface area contributed by atoms with Gasteiger partial charge in [0.05, 0.1) is 0 Å². The molecule has 1 heterocycles. The maximum Gasteiger partial charge on any atom is 0.108 e. The third-order valence-electron chi connectivity index (χ3n) is 3.29. The number of hydrogen-bond acceptors (Lipinski definition) is 1. The maximum atomic E-state index is 13.9. The molecule has 0 amide bonds. The number of aryl methyl sites for hydroxylation is 1. The molecule has 2 unspecified atom stereocenters. The summed E-state index contributed by atoms with van der Waals surface area (Å²) in [5.74, 6) is 0.213. The molecule has 0 spiro atoms. The van der Waals surface area contributed by atoms with Crippen LogP contribution in [0.2, 0.25) is 0 Å². The largest absolute Gasteiger partial charge is 0.316 e. The lowest BCUT2D eigenvalue weighted by atomic mass is 9.95. The summed E-state index contributed by atoms with van der Waals surface area (Å²) in [6.07, 6.45) is 0.854. The van der Waals surface area contributed by atoms with Crippen LogP contribution in [-0.2, 0) is 6.42 Å². The van der Waals surface area contributed by atoms with E-state index in [0.717, 1.165) is 25.1 Å². The van der Waals surface area contributed by atoms with Gasteiger partial charge in [0.1, 0.15) is 6.17 Å². The quantitative estimate of drug-likeness (QED) is 0.803. The standard InChI is InChI=1S/C13H18FN/c1-10-4-2-3-5-11(10)8-13(14)12-6-7-15-9-12/h2-5,12-13,15H,6-9H2,1H3. The van der Waals surface area contributed by atoms with E-state index < -0.39 is 6.17 Å². The first-order valence-electron chi connectivity index (χ1n) is 5.66. The maximum absolute atomic E-state index is 13.9. The van der Waals surface area contributed by atoms with Crippen LogP contribution in [0.15, 0.2) is 24.3 Å². The number of rotatable bonds is 3. The van der Waals surface area contributed by atoms with Crippen LogP contribution in [0.3, 0.4) is 0 Å². The molecule has 15 heavy (non-hydrogen) atoms. The first-order chi connectivity index (χ1) is 7.27. The number of nitrogens with one attached hydrogen (secondary N) is 1. The molecule has 0 aromatic heterocycles. The number of halogens is 1. The Bertz CT molecular complexity index is 318. The van der Waals surface area contributed by atoms with Gasteiger partial charge in [-0.1, -0.05) is 24.3 Å². The predicted molar refractivity (Wildman–Crippen MR) is 60.8 cm³/mol. The summed E-state index contributed by atoms with van der Waals surface area (Å²) < 4.78 is 13.9. The molecule has 2 heteroatoms. The molecule has 0 saturated carbocycles. The fraction of sp³-hybridized carbons (Fsp3) is 0.538. The van der Waals surface area contributed by atoms with Gasteiger partial charge in [0.2, 0.25) is 0 Å². The zero-order chi connectivity index (χ0) is 10.7. The van der Waals surface area contributed by atoms with E-state index in [0.29, 0.717) is 6.42 Å². The van der Waals surface area contributed by atoms with Crippen molar-refractivity contribution in [2.45, 2.75) is 25.9 Å². The molecular formula is C13H18FN. The SMILES string of the molecule is Cc1ccccc1CC(F)C1CCNC1. The lowest BCUT2D eigenvalue weighted by Crippen LogP contribution is -2.21. The zero-order valence-corrected chi connectivity index (χ0v) is 9.17.